The molecule has 1 atom stereocenters. The molecule has 3 nitrogen and oxygen atoms in total. The average molecular weight is 267 g/mol. The van der Waals surface area contributed by atoms with Gasteiger partial charge in [-0.05, 0) is 49.1 Å². The predicted molar refractivity (Wildman–Crippen MR) is 79.0 cm³/mol. The van der Waals surface area contributed by atoms with Crippen molar-refractivity contribution in [2.45, 2.75) is 25.9 Å². The highest BCUT2D eigenvalue weighted by Crippen LogP contribution is 2.27. The van der Waals surface area contributed by atoms with Crippen LogP contribution in [-0.2, 0) is 11.2 Å². The van der Waals surface area contributed by atoms with Crippen molar-refractivity contribution in [3.63, 3.8) is 0 Å². The van der Waals surface area contributed by atoms with Crippen molar-refractivity contribution < 1.29 is 9.53 Å². The number of carbonyl (C=O) groups excluding carboxylic acids is 1. The van der Waals surface area contributed by atoms with Crippen molar-refractivity contribution in [3.8, 4) is 5.75 Å². The van der Waals surface area contributed by atoms with Gasteiger partial charge in [0.1, 0.15) is 5.75 Å². The Morgan fingerprint density at radius 2 is 2.05 bits per heavy atom. The van der Waals surface area contributed by atoms with Gasteiger partial charge in [-0.15, -0.1) is 0 Å². The Morgan fingerprint density at radius 3 is 2.90 bits per heavy atom. The van der Waals surface area contributed by atoms with Crippen LogP contribution in [0.4, 0.5) is 5.69 Å². The zero-order chi connectivity index (χ0) is 13.9. The van der Waals surface area contributed by atoms with E-state index in [1.807, 2.05) is 55.5 Å². The van der Waals surface area contributed by atoms with E-state index in [1.54, 1.807) is 0 Å². The van der Waals surface area contributed by atoms with Crippen LogP contribution in [0.3, 0.4) is 0 Å². The molecule has 3 heteroatoms. The van der Waals surface area contributed by atoms with Gasteiger partial charge < -0.3 is 10.1 Å². The first-order valence-corrected chi connectivity index (χ1v) is 6.84. The number of carbonyl (C=O) groups is 1. The van der Waals surface area contributed by atoms with Gasteiger partial charge in [-0.2, -0.15) is 0 Å². The third-order valence-electron chi connectivity index (χ3n) is 3.50. The molecule has 3 rings (SSSR count). The van der Waals surface area contributed by atoms with Crippen LogP contribution in [0.25, 0.3) is 0 Å². The zero-order valence-electron chi connectivity index (χ0n) is 11.4. The topological polar surface area (TPSA) is 38.3 Å². The molecule has 1 heterocycles. The lowest BCUT2D eigenvalue weighted by Crippen LogP contribution is -2.35. The second kappa shape index (κ2) is 5.37. The van der Waals surface area contributed by atoms with Crippen molar-refractivity contribution in [1.29, 1.82) is 0 Å². The summed E-state index contributed by atoms with van der Waals surface area (Å²) >= 11 is 0. The highest BCUT2D eigenvalue weighted by Gasteiger charge is 2.25. The molecule has 2 aromatic rings. The molecule has 20 heavy (non-hydrogen) atoms. The number of hydrogen-bond acceptors (Lipinski definition) is 2. The summed E-state index contributed by atoms with van der Waals surface area (Å²) in [7, 11) is 0. The fourth-order valence-electron chi connectivity index (χ4n) is 2.45. The molecule has 0 saturated carbocycles. The van der Waals surface area contributed by atoms with Gasteiger partial charge in [0.05, 0.1) is 0 Å². The molecule has 1 amide bonds. The van der Waals surface area contributed by atoms with Crippen LogP contribution in [0.2, 0.25) is 0 Å². The van der Waals surface area contributed by atoms with E-state index in [0.717, 1.165) is 23.4 Å². The van der Waals surface area contributed by atoms with Crippen molar-refractivity contribution in [1.82, 2.24) is 0 Å². The van der Waals surface area contributed by atoms with Gasteiger partial charge in [-0.3, -0.25) is 4.79 Å². The molecule has 0 spiro atoms. The Morgan fingerprint density at radius 1 is 1.20 bits per heavy atom. The summed E-state index contributed by atoms with van der Waals surface area (Å²) < 4.78 is 5.78. The molecule has 0 aliphatic carbocycles. The van der Waals surface area contributed by atoms with Gasteiger partial charge in [0, 0.05) is 5.69 Å². The molecule has 1 N–H and O–H groups in total. The van der Waals surface area contributed by atoms with Crippen LogP contribution >= 0.6 is 0 Å². The van der Waals surface area contributed by atoms with Crippen molar-refractivity contribution >= 4 is 11.6 Å². The molecule has 0 bridgehead atoms. The zero-order valence-corrected chi connectivity index (χ0v) is 11.4. The minimum atomic E-state index is -0.412. The molecular weight excluding hydrogens is 250 g/mol. The molecule has 2 aromatic carbocycles. The van der Waals surface area contributed by atoms with E-state index in [2.05, 4.69) is 5.32 Å². The molecule has 0 fully saturated rings. The number of hydrogen-bond donors (Lipinski definition) is 1. The van der Waals surface area contributed by atoms with E-state index >= 15 is 0 Å². The van der Waals surface area contributed by atoms with Crippen LogP contribution in [0, 0.1) is 6.92 Å². The minimum Gasteiger partial charge on any atom is -0.480 e. The summed E-state index contributed by atoms with van der Waals surface area (Å²) in [5.41, 5.74) is 3.11. The summed E-state index contributed by atoms with van der Waals surface area (Å²) in [6.45, 7) is 2.00. The largest absolute Gasteiger partial charge is 0.480 e. The first kappa shape index (κ1) is 12.7. The number of para-hydroxylation sites is 1. The third kappa shape index (κ3) is 2.67. The first-order valence-electron chi connectivity index (χ1n) is 6.84. The molecule has 102 valence electrons. The summed E-state index contributed by atoms with van der Waals surface area (Å²) in [5, 5.41) is 2.92. The van der Waals surface area contributed by atoms with Gasteiger partial charge in [-0.1, -0.05) is 30.3 Å². The maximum absolute atomic E-state index is 12.3. The fraction of sp³-hybridized carbons (Fsp3) is 0.235. The normalized spacial score (nSPS) is 16.9. The van der Waals surface area contributed by atoms with Gasteiger partial charge in [0.15, 0.2) is 6.10 Å². The van der Waals surface area contributed by atoms with Crippen molar-refractivity contribution in [2.24, 2.45) is 0 Å². The Bertz CT molecular complexity index is 636. The SMILES string of the molecule is Cc1cccc(NC(=O)C2CCc3ccccc3O2)c1. The summed E-state index contributed by atoms with van der Waals surface area (Å²) in [4.78, 5) is 12.3. The maximum Gasteiger partial charge on any atom is 0.265 e. The minimum absolute atomic E-state index is 0.0786. The quantitative estimate of drug-likeness (QED) is 0.906. The number of ether oxygens (including phenoxy) is 1. The first-order chi connectivity index (χ1) is 9.72. The van der Waals surface area contributed by atoms with E-state index < -0.39 is 6.10 Å². The lowest BCUT2D eigenvalue weighted by molar-refractivity contribution is -0.123. The monoisotopic (exact) mass is 267 g/mol. The summed E-state index contributed by atoms with van der Waals surface area (Å²) in [5.74, 6) is 0.744. The number of anilines is 1. The number of benzene rings is 2. The molecule has 1 unspecified atom stereocenters. The van der Waals surface area contributed by atoms with Crippen LogP contribution in [0.5, 0.6) is 5.75 Å². The highest BCUT2D eigenvalue weighted by atomic mass is 16.5. The number of aryl methyl sites for hydroxylation is 2. The molecule has 0 aromatic heterocycles. The number of amides is 1. The Balaban J connectivity index is 1.70. The number of fused-ring (bicyclic) bond motifs is 1. The van der Waals surface area contributed by atoms with Gasteiger partial charge in [-0.25, -0.2) is 0 Å². The van der Waals surface area contributed by atoms with E-state index in [4.69, 9.17) is 4.74 Å². The molecule has 1 aliphatic rings. The Hall–Kier alpha value is -2.29. The van der Waals surface area contributed by atoms with Crippen molar-refractivity contribution in [2.75, 3.05) is 5.32 Å². The summed E-state index contributed by atoms with van der Waals surface area (Å²) in [6.07, 6.45) is 1.18. The van der Waals surface area contributed by atoms with E-state index in [-0.39, 0.29) is 5.91 Å². The molecule has 0 radical (unpaired) electrons. The Kier molecular flexibility index (Phi) is 3.42. The summed E-state index contributed by atoms with van der Waals surface area (Å²) in [6, 6.07) is 15.7. The second-order valence-corrected chi connectivity index (χ2v) is 5.11. The van der Waals surface area contributed by atoms with Gasteiger partial charge in [0.25, 0.3) is 5.91 Å². The van der Waals surface area contributed by atoms with Crippen LogP contribution < -0.4 is 10.1 Å². The number of rotatable bonds is 2. The second-order valence-electron chi connectivity index (χ2n) is 5.11. The standard InChI is InChI=1S/C17H17NO2/c1-12-5-4-7-14(11-12)18-17(19)16-10-9-13-6-2-3-8-15(13)20-16/h2-8,11,16H,9-10H2,1H3,(H,18,19). The van der Waals surface area contributed by atoms with Gasteiger partial charge >= 0.3 is 0 Å². The van der Waals surface area contributed by atoms with E-state index in [9.17, 15) is 4.79 Å². The van der Waals surface area contributed by atoms with E-state index in [0.29, 0.717) is 6.42 Å². The molecular formula is C17H17NO2. The van der Waals surface area contributed by atoms with Crippen molar-refractivity contribution in [3.05, 3.63) is 59.7 Å². The third-order valence-corrected chi connectivity index (χ3v) is 3.50. The Labute approximate surface area is 118 Å². The molecule has 1 aliphatic heterocycles. The average Bonchev–Trinajstić information content (AvgIpc) is 2.47. The van der Waals surface area contributed by atoms with Gasteiger partial charge in [0.2, 0.25) is 0 Å². The predicted octanol–water partition coefficient (Wildman–Crippen LogP) is 3.33. The number of nitrogens with one attached hydrogen (secondary N) is 1. The lowest BCUT2D eigenvalue weighted by Gasteiger charge is -2.25. The molecule has 0 saturated heterocycles. The lowest BCUT2D eigenvalue weighted by atomic mass is 10.0. The van der Waals surface area contributed by atoms with Crippen LogP contribution in [0.15, 0.2) is 48.5 Å². The smallest absolute Gasteiger partial charge is 0.265 e. The van der Waals surface area contributed by atoms with Crippen LogP contribution in [-0.4, -0.2) is 12.0 Å². The maximum atomic E-state index is 12.3. The fourth-order valence-corrected chi connectivity index (χ4v) is 2.45. The highest BCUT2D eigenvalue weighted by molar-refractivity contribution is 5.94. The van der Waals surface area contributed by atoms with E-state index in [1.165, 1.54) is 5.56 Å². The van der Waals surface area contributed by atoms with Crippen LogP contribution in [0.1, 0.15) is 17.5 Å².